The Morgan fingerprint density at radius 2 is 1.59 bits per heavy atom. The van der Waals surface area contributed by atoms with Gasteiger partial charge in [0.05, 0.1) is 5.69 Å². The predicted octanol–water partition coefficient (Wildman–Crippen LogP) is 8.29. The van der Waals surface area contributed by atoms with Crippen LogP contribution >= 0.6 is 22.7 Å². The highest BCUT2D eigenvalue weighted by atomic mass is 32.1. The quantitative estimate of drug-likeness (QED) is 0.240. The number of anilines is 2. The number of ether oxygens (including phenoxy) is 1. The number of rotatable bonds is 6. The molecule has 178 valence electrons. The lowest BCUT2D eigenvalue weighted by Gasteiger charge is -2.10. The average Bonchev–Trinajstić information content (AvgIpc) is 3.70. The molecule has 4 aromatic heterocycles. The fraction of sp³-hybridized carbons (Fsp3) is 0. The van der Waals surface area contributed by atoms with Gasteiger partial charge in [0.2, 0.25) is 0 Å². The maximum Gasteiger partial charge on any atom is 0.170 e. The Balaban J connectivity index is 1.30. The van der Waals surface area contributed by atoms with Gasteiger partial charge in [-0.1, -0.05) is 36.4 Å². The summed E-state index contributed by atoms with van der Waals surface area (Å²) in [6.07, 6.45) is 1.80. The minimum Gasteiger partial charge on any atom is -0.457 e. The zero-order valence-electron chi connectivity index (χ0n) is 19.4. The summed E-state index contributed by atoms with van der Waals surface area (Å²) in [5.74, 6) is 2.87. The van der Waals surface area contributed by atoms with Crippen LogP contribution < -0.4 is 10.1 Å². The monoisotopic (exact) mass is 517 g/mol. The fourth-order valence-electron chi connectivity index (χ4n) is 4.21. The molecule has 0 aliphatic carbocycles. The van der Waals surface area contributed by atoms with Crippen molar-refractivity contribution in [3.8, 4) is 28.6 Å². The molecule has 3 aromatic carbocycles. The Hall–Kier alpha value is -4.53. The van der Waals surface area contributed by atoms with Crippen molar-refractivity contribution in [1.82, 2.24) is 19.5 Å². The van der Waals surface area contributed by atoms with E-state index in [2.05, 4.69) is 45.3 Å². The van der Waals surface area contributed by atoms with E-state index in [0.29, 0.717) is 17.2 Å². The molecule has 0 radical (unpaired) electrons. The lowest BCUT2D eigenvalue weighted by atomic mass is 10.1. The summed E-state index contributed by atoms with van der Waals surface area (Å²) in [6, 6.07) is 28.0. The molecule has 0 amide bonds. The van der Waals surface area contributed by atoms with Crippen molar-refractivity contribution in [2.45, 2.75) is 0 Å². The summed E-state index contributed by atoms with van der Waals surface area (Å²) in [5.41, 5.74) is 4.38. The molecule has 0 fully saturated rings. The highest BCUT2D eigenvalue weighted by Gasteiger charge is 2.18. The lowest BCUT2D eigenvalue weighted by Crippen LogP contribution is -2.01. The molecule has 0 aliphatic heterocycles. The molecule has 0 unspecified atom stereocenters. The number of imidazole rings is 1. The van der Waals surface area contributed by atoms with E-state index in [-0.39, 0.29) is 0 Å². The first kappa shape index (κ1) is 21.7. The van der Waals surface area contributed by atoms with Gasteiger partial charge in [0.1, 0.15) is 17.8 Å². The molecule has 0 saturated heterocycles. The van der Waals surface area contributed by atoms with Crippen LogP contribution in [0.5, 0.6) is 11.5 Å². The smallest absolute Gasteiger partial charge is 0.170 e. The number of fused-ring (bicyclic) bond motifs is 2. The van der Waals surface area contributed by atoms with Crippen LogP contribution in [0.15, 0.2) is 107 Å². The van der Waals surface area contributed by atoms with Crippen molar-refractivity contribution in [2.75, 3.05) is 5.32 Å². The van der Waals surface area contributed by atoms with Gasteiger partial charge in [-0.3, -0.25) is 4.57 Å². The summed E-state index contributed by atoms with van der Waals surface area (Å²) < 4.78 is 9.15. The van der Waals surface area contributed by atoms with Gasteiger partial charge in [-0.15, -0.1) is 11.3 Å². The molecule has 8 heteroatoms. The summed E-state index contributed by atoms with van der Waals surface area (Å²) in [5, 5.41) is 10.9. The fourth-order valence-corrected chi connectivity index (χ4v) is 5.78. The standard InChI is InChI=1S/C29H19N5OS2/c1-2-6-21(7-3-1)35-22-12-10-19(11-13-22)31-28-26-29(34(18-30-26)20-14-15-36-16-20)33-27(32-28)24-17-37-25-9-5-4-8-23(24)25/h1-18H,(H,31,32,33). The number of hydrogen-bond donors (Lipinski definition) is 1. The largest absolute Gasteiger partial charge is 0.457 e. The van der Waals surface area contributed by atoms with Gasteiger partial charge < -0.3 is 10.1 Å². The van der Waals surface area contributed by atoms with E-state index in [1.165, 1.54) is 4.70 Å². The maximum absolute atomic E-state index is 5.94. The van der Waals surface area contributed by atoms with E-state index in [9.17, 15) is 0 Å². The first-order chi connectivity index (χ1) is 18.3. The Labute approximate surface area is 220 Å². The second kappa shape index (κ2) is 9.16. The zero-order chi connectivity index (χ0) is 24.6. The SMILES string of the molecule is c1ccc(Oc2ccc(Nc3nc(-c4csc5ccccc45)nc4c3ncn4-c3ccsc3)cc2)cc1. The molecule has 1 N–H and O–H groups in total. The van der Waals surface area contributed by atoms with Gasteiger partial charge in [-0.25, -0.2) is 15.0 Å². The first-order valence-electron chi connectivity index (χ1n) is 11.7. The van der Waals surface area contributed by atoms with Crippen LogP contribution in [0.25, 0.3) is 38.3 Å². The highest BCUT2D eigenvalue weighted by molar-refractivity contribution is 7.17. The van der Waals surface area contributed by atoms with Gasteiger partial charge in [-0.05, 0) is 53.9 Å². The van der Waals surface area contributed by atoms with Gasteiger partial charge in [0, 0.05) is 32.1 Å². The van der Waals surface area contributed by atoms with Crippen LogP contribution in [0, 0.1) is 0 Å². The number of hydrogen-bond acceptors (Lipinski definition) is 7. The zero-order valence-corrected chi connectivity index (χ0v) is 21.0. The van der Waals surface area contributed by atoms with Crippen LogP contribution in [-0.2, 0) is 0 Å². The minimum atomic E-state index is 0.654. The lowest BCUT2D eigenvalue weighted by molar-refractivity contribution is 0.483. The van der Waals surface area contributed by atoms with E-state index in [1.807, 2.05) is 70.6 Å². The predicted molar refractivity (Wildman–Crippen MR) is 152 cm³/mol. The molecule has 37 heavy (non-hydrogen) atoms. The molecule has 0 aliphatic rings. The van der Waals surface area contributed by atoms with E-state index in [4.69, 9.17) is 14.7 Å². The number of nitrogens with one attached hydrogen (secondary N) is 1. The number of nitrogens with zero attached hydrogens (tertiary/aromatic N) is 4. The Kier molecular flexibility index (Phi) is 5.38. The Morgan fingerprint density at radius 1 is 0.784 bits per heavy atom. The normalized spacial score (nSPS) is 11.2. The van der Waals surface area contributed by atoms with Crippen LogP contribution in [0.1, 0.15) is 0 Å². The van der Waals surface area contributed by atoms with E-state index >= 15 is 0 Å². The second-order valence-electron chi connectivity index (χ2n) is 8.37. The average molecular weight is 518 g/mol. The summed E-state index contributed by atoms with van der Waals surface area (Å²) in [7, 11) is 0. The molecular weight excluding hydrogens is 498 g/mol. The summed E-state index contributed by atoms with van der Waals surface area (Å²) in [4.78, 5) is 14.6. The molecule has 0 bridgehead atoms. The number of para-hydroxylation sites is 1. The van der Waals surface area contributed by atoms with Crippen LogP contribution in [0.3, 0.4) is 0 Å². The highest BCUT2D eigenvalue weighted by Crippen LogP contribution is 2.35. The van der Waals surface area contributed by atoms with Crippen molar-refractivity contribution >= 4 is 55.4 Å². The molecular formula is C29H19N5OS2. The number of benzene rings is 3. The second-order valence-corrected chi connectivity index (χ2v) is 10.1. The maximum atomic E-state index is 5.94. The summed E-state index contributed by atoms with van der Waals surface area (Å²) >= 11 is 3.34. The van der Waals surface area contributed by atoms with E-state index < -0.39 is 0 Å². The van der Waals surface area contributed by atoms with Gasteiger partial charge in [-0.2, -0.15) is 11.3 Å². The van der Waals surface area contributed by atoms with Crippen molar-refractivity contribution in [1.29, 1.82) is 0 Å². The molecule has 0 atom stereocenters. The third kappa shape index (κ3) is 4.12. The minimum absolute atomic E-state index is 0.654. The van der Waals surface area contributed by atoms with Gasteiger partial charge >= 0.3 is 0 Å². The molecule has 0 saturated carbocycles. The van der Waals surface area contributed by atoms with Crippen LogP contribution in [0.2, 0.25) is 0 Å². The Morgan fingerprint density at radius 3 is 2.43 bits per heavy atom. The molecule has 7 aromatic rings. The topological polar surface area (TPSA) is 64.9 Å². The van der Waals surface area contributed by atoms with Crippen molar-refractivity contribution in [3.05, 3.63) is 107 Å². The van der Waals surface area contributed by atoms with Crippen molar-refractivity contribution < 1.29 is 4.74 Å². The van der Waals surface area contributed by atoms with Crippen LogP contribution in [-0.4, -0.2) is 19.5 Å². The first-order valence-corrected chi connectivity index (χ1v) is 13.5. The van der Waals surface area contributed by atoms with Gasteiger partial charge in [0.25, 0.3) is 0 Å². The number of thiophene rings is 2. The molecule has 6 nitrogen and oxygen atoms in total. The Bertz CT molecular complexity index is 1820. The van der Waals surface area contributed by atoms with Crippen molar-refractivity contribution in [2.24, 2.45) is 0 Å². The van der Waals surface area contributed by atoms with Crippen molar-refractivity contribution in [3.63, 3.8) is 0 Å². The van der Waals surface area contributed by atoms with Gasteiger partial charge in [0.15, 0.2) is 22.8 Å². The van der Waals surface area contributed by atoms with Crippen LogP contribution in [0.4, 0.5) is 11.5 Å². The third-order valence-electron chi connectivity index (χ3n) is 6.00. The third-order valence-corrected chi connectivity index (χ3v) is 7.63. The van der Waals surface area contributed by atoms with E-state index in [1.54, 1.807) is 29.0 Å². The summed E-state index contributed by atoms with van der Waals surface area (Å²) in [6.45, 7) is 0. The number of aromatic nitrogens is 4. The molecule has 4 heterocycles. The molecule has 7 rings (SSSR count). The van der Waals surface area contributed by atoms with E-state index in [0.717, 1.165) is 39.5 Å². The molecule has 0 spiro atoms.